The van der Waals surface area contributed by atoms with E-state index < -0.39 is 5.25 Å². The van der Waals surface area contributed by atoms with Crippen LogP contribution in [0.2, 0.25) is 0 Å². The minimum absolute atomic E-state index is 0.107. The molecule has 1 fully saturated rings. The van der Waals surface area contributed by atoms with Crippen molar-refractivity contribution in [1.82, 2.24) is 5.32 Å². The van der Waals surface area contributed by atoms with Crippen LogP contribution in [-0.4, -0.2) is 22.2 Å². The minimum atomic E-state index is -0.473. The Bertz CT molecular complexity index is 938. The third kappa shape index (κ3) is 5.48. The van der Waals surface area contributed by atoms with Crippen LogP contribution in [-0.2, 0) is 9.59 Å². The van der Waals surface area contributed by atoms with Crippen LogP contribution < -0.4 is 10.6 Å². The van der Waals surface area contributed by atoms with Crippen molar-refractivity contribution in [3.63, 3.8) is 0 Å². The second-order valence-corrected chi connectivity index (χ2v) is 8.68. The molecule has 0 aliphatic carbocycles. The third-order valence-electron chi connectivity index (χ3n) is 5.11. The van der Waals surface area contributed by atoms with E-state index in [0.29, 0.717) is 11.1 Å². The zero-order valence-electron chi connectivity index (χ0n) is 17.3. The Hall–Kier alpha value is -2.60. The number of carbonyl (C=O) groups excluding carboxylic acids is 2. The number of hydrogen-bond acceptors (Lipinski definition) is 4. The van der Waals surface area contributed by atoms with Gasteiger partial charge >= 0.3 is 0 Å². The standard InChI is InChI=1S/C23H27N3O2S/c1-5-15(3)17-7-9-18(10-8-17)24-23-26-22(28)20(29-23)13-21(27)25-19-11-6-14(2)12-16(19)4/h6-12,15,20H,5,13H2,1-4H3,(H,25,27)(H,24,26,28)/t15-,20-/m0/s1. The maximum Gasteiger partial charge on any atom is 0.240 e. The molecule has 5 nitrogen and oxygen atoms in total. The van der Waals surface area contributed by atoms with Gasteiger partial charge in [-0.3, -0.25) is 9.59 Å². The number of carbonyl (C=O) groups is 2. The van der Waals surface area contributed by atoms with Crippen LogP contribution in [0.15, 0.2) is 47.5 Å². The van der Waals surface area contributed by atoms with Gasteiger partial charge in [0.2, 0.25) is 11.8 Å². The summed E-state index contributed by atoms with van der Waals surface area (Å²) in [4.78, 5) is 29.2. The highest BCUT2D eigenvalue weighted by molar-refractivity contribution is 8.15. The van der Waals surface area contributed by atoms with Crippen LogP contribution >= 0.6 is 11.8 Å². The van der Waals surface area contributed by atoms with Gasteiger partial charge in [0, 0.05) is 12.1 Å². The lowest BCUT2D eigenvalue weighted by atomic mass is 9.99. The largest absolute Gasteiger partial charge is 0.326 e. The Morgan fingerprint density at radius 3 is 2.59 bits per heavy atom. The van der Waals surface area contributed by atoms with Gasteiger partial charge in [0.25, 0.3) is 0 Å². The number of hydrogen-bond donors (Lipinski definition) is 2. The van der Waals surface area contributed by atoms with Crippen LogP contribution in [0.5, 0.6) is 0 Å². The molecule has 6 heteroatoms. The van der Waals surface area contributed by atoms with E-state index in [9.17, 15) is 9.59 Å². The van der Waals surface area contributed by atoms with E-state index in [1.807, 2.05) is 44.2 Å². The molecule has 0 spiro atoms. The average molecular weight is 410 g/mol. The molecule has 2 atom stereocenters. The molecule has 0 saturated carbocycles. The van der Waals surface area contributed by atoms with Crippen molar-refractivity contribution < 1.29 is 9.59 Å². The van der Waals surface area contributed by atoms with Crippen LogP contribution in [0.1, 0.15) is 49.3 Å². The summed E-state index contributed by atoms with van der Waals surface area (Å²) in [5.41, 5.74) is 4.99. The fourth-order valence-corrected chi connectivity index (χ4v) is 4.13. The number of amidine groups is 1. The quantitative estimate of drug-likeness (QED) is 0.700. The first-order valence-corrected chi connectivity index (χ1v) is 10.8. The molecule has 1 saturated heterocycles. The van der Waals surface area contributed by atoms with Crippen molar-refractivity contribution in [3.8, 4) is 0 Å². The first-order chi connectivity index (χ1) is 13.9. The summed E-state index contributed by atoms with van der Waals surface area (Å²) in [6, 6.07) is 13.9. The van der Waals surface area contributed by atoms with E-state index in [2.05, 4.69) is 41.6 Å². The number of aryl methyl sites for hydroxylation is 2. The van der Waals surface area contributed by atoms with Crippen molar-refractivity contribution in [2.45, 2.75) is 51.7 Å². The lowest BCUT2D eigenvalue weighted by Gasteiger charge is -2.10. The highest BCUT2D eigenvalue weighted by Gasteiger charge is 2.32. The van der Waals surface area contributed by atoms with E-state index in [4.69, 9.17) is 0 Å². The Morgan fingerprint density at radius 1 is 1.21 bits per heavy atom. The summed E-state index contributed by atoms with van der Waals surface area (Å²) < 4.78 is 0. The van der Waals surface area contributed by atoms with E-state index >= 15 is 0 Å². The predicted molar refractivity (Wildman–Crippen MR) is 121 cm³/mol. The predicted octanol–water partition coefficient (Wildman–Crippen LogP) is 5.06. The van der Waals surface area contributed by atoms with Gasteiger partial charge in [-0.25, -0.2) is 4.99 Å². The van der Waals surface area contributed by atoms with Gasteiger partial charge in [0.1, 0.15) is 5.25 Å². The van der Waals surface area contributed by atoms with Crippen molar-refractivity contribution in [2.75, 3.05) is 5.32 Å². The average Bonchev–Trinajstić information content (AvgIpc) is 3.02. The van der Waals surface area contributed by atoms with E-state index in [1.165, 1.54) is 17.3 Å². The number of benzene rings is 2. The zero-order valence-corrected chi connectivity index (χ0v) is 18.1. The molecule has 0 aromatic heterocycles. The van der Waals surface area contributed by atoms with Crippen molar-refractivity contribution in [3.05, 3.63) is 59.2 Å². The number of rotatable bonds is 6. The summed E-state index contributed by atoms with van der Waals surface area (Å²) in [5.74, 6) is 0.154. The zero-order chi connectivity index (χ0) is 21.0. The molecule has 1 aliphatic rings. The van der Waals surface area contributed by atoms with Gasteiger partial charge in [0.05, 0.1) is 5.69 Å². The summed E-state index contributed by atoms with van der Waals surface area (Å²) in [7, 11) is 0. The highest BCUT2D eigenvalue weighted by atomic mass is 32.2. The van der Waals surface area contributed by atoms with Crippen LogP contribution in [0.25, 0.3) is 0 Å². The molecule has 1 aliphatic heterocycles. The highest BCUT2D eigenvalue weighted by Crippen LogP contribution is 2.27. The Morgan fingerprint density at radius 2 is 1.93 bits per heavy atom. The monoisotopic (exact) mass is 409 g/mol. The molecular weight excluding hydrogens is 382 g/mol. The first kappa shape index (κ1) is 21.1. The fraction of sp³-hybridized carbons (Fsp3) is 0.348. The molecule has 152 valence electrons. The van der Waals surface area contributed by atoms with Gasteiger partial charge in [-0.15, -0.1) is 0 Å². The molecule has 0 bridgehead atoms. The second kappa shape index (κ2) is 9.27. The Labute approximate surface area is 176 Å². The molecular formula is C23H27N3O2S. The second-order valence-electron chi connectivity index (χ2n) is 7.48. The number of nitrogens with zero attached hydrogens (tertiary/aromatic N) is 1. The van der Waals surface area contributed by atoms with E-state index in [-0.39, 0.29) is 18.2 Å². The normalized spacial score (nSPS) is 18.6. The maximum atomic E-state index is 12.4. The molecule has 29 heavy (non-hydrogen) atoms. The van der Waals surface area contributed by atoms with Gasteiger partial charge in [-0.2, -0.15) is 0 Å². The summed E-state index contributed by atoms with van der Waals surface area (Å²) in [6.45, 7) is 8.33. The third-order valence-corrected chi connectivity index (χ3v) is 6.19. The molecule has 0 radical (unpaired) electrons. The lowest BCUT2D eigenvalue weighted by molar-refractivity contribution is -0.122. The molecule has 2 aromatic rings. The minimum Gasteiger partial charge on any atom is -0.326 e. The van der Waals surface area contributed by atoms with Crippen LogP contribution in [0.4, 0.5) is 11.4 Å². The summed E-state index contributed by atoms with van der Waals surface area (Å²) in [6.07, 6.45) is 1.20. The molecule has 3 rings (SSSR count). The van der Waals surface area contributed by atoms with Crippen LogP contribution in [0, 0.1) is 13.8 Å². The number of anilines is 1. The number of thioether (sulfide) groups is 1. The first-order valence-electron chi connectivity index (χ1n) is 9.89. The molecule has 2 amide bonds. The van der Waals surface area contributed by atoms with Gasteiger partial charge < -0.3 is 10.6 Å². The lowest BCUT2D eigenvalue weighted by Crippen LogP contribution is -2.28. The molecule has 2 N–H and O–H groups in total. The summed E-state index contributed by atoms with van der Waals surface area (Å²) >= 11 is 1.30. The van der Waals surface area contributed by atoms with Crippen molar-refractivity contribution >= 4 is 40.1 Å². The van der Waals surface area contributed by atoms with Crippen molar-refractivity contribution in [2.24, 2.45) is 4.99 Å². The fourth-order valence-electron chi connectivity index (χ4n) is 3.15. The Balaban J connectivity index is 1.61. The van der Waals surface area contributed by atoms with E-state index in [0.717, 1.165) is 28.9 Å². The van der Waals surface area contributed by atoms with Gasteiger partial charge in [-0.05, 0) is 55.5 Å². The van der Waals surface area contributed by atoms with Gasteiger partial charge in [-0.1, -0.05) is 55.4 Å². The number of aliphatic imine (C=N–C) groups is 1. The smallest absolute Gasteiger partial charge is 0.240 e. The maximum absolute atomic E-state index is 12.4. The topological polar surface area (TPSA) is 70.6 Å². The van der Waals surface area contributed by atoms with Gasteiger partial charge in [0.15, 0.2) is 5.17 Å². The molecule has 2 aromatic carbocycles. The Kier molecular flexibility index (Phi) is 6.75. The SMILES string of the molecule is CC[C@H](C)c1ccc(N=C2NC(=O)[C@H](CC(=O)Nc3ccc(C)cc3C)S2)cc1. The summed E-state index contributed by atoms with van der Waals surface area (Å²) in [5, 5.41) is 5.75. The number of nitrogens with one attached hydrogen (secondary N) is 2. The van der Waals surface area contributed by atoms with E-state index in [1.54, 1.807) is 0 Å². The molecule has 0 unspecified atom stereocenters. The van der Waals surface area contributed by atoms with Crippen molar-refractivity contribution in [1.29, 1.82) is 0 Å². The van der Waals surface area contributed by atoms with Crippen LogP contribution in [0.3, 0.4) is 0 Å². The number of amides is 2. The molecule has 1 heterocycles.